The minimum Gasteiger partial charge on any atom is -0.394 e. The molecule has 3 saturated heterocycles. The molecule has 6 rings (SSSR count). The third kappa shape index (κ3) is 4.57. The third-order valence-corrected chi connectivity index (χ3v) is 12.0. The standard InChI is InChI=1S/C31H39FN4O5Si/c1-20-29(42(2,3)32)26(17-27(38)34-14-7-10-23(34)19-37)41-31(20)24-16-22(35-15-13-33-18-28(35)39)11-12-25(24)36(30(31)40)21-8-5-4-6-9-21/h4-6,8-9,11-12,16,20,23,26,29,33,37H,7,10,13-15,17-19H2,1-3H3/t20-,23-,26+,29-,31+/m0/s1. The van der Waals surface area contributed by atoms with Crippen LogP contribution in [-0.4, -0.2) is 81.1 Å². The topological polar surface area (TPSA) is 102 Å². The number of carbonyl (C=O) groups is 3. The van der Waals surface area contributed by atoms with Crippen LogP contribution in [0.3, 0.4) is 0 Å². The van der Waals surface area contributed by atoms with Gasteiger partial charge in [0.25, 0.3) is 5.91 Å². The molecule has 9 nitrogen and oxygen atoms in total. The number of halogens is 1. The lowest BCUT2D eigenvalue weighted by Crippen LogP contribution is -2.48. The minimum atomic E-state index is -3.47. The van der Waals surface area contributed by atoms with E-state index in [1.54, 1.807) is 27.8 Å². The van der Waals surface area contributed by atoms with Gasteiger partial charge in [-0.15, -0.1) is 0 Å². The average molecular weight is 595 g/mol. The number of hydrogen-bond acceptors (Lipinski definition) is 6. The lowest BCUT2D eigenvalue weighted by Gasteiger charge is -2.32. The summed E-state index contributed by atoms with van der Waals surface area (Å²) < 4.78 is 23.1. The molecule has 11 heteroatoms. The van der Waals surface area contributed by atoms with E-state index in [0.717, 1.165) is 12.8 Å². The van der Waals surface area contributed by atoms with Crippen LogP contribution < -0.4 is 15.1 Å². The first kappa shape index (κ1) is 29.0. The van der Waals surface area contributed by atoms with E-state index in [-0.39, 0.29) is 43.3 Å². The van der Waals surface area contributed by atoms with E-state index in [1.807, 2.05) is 55.5 Å². The highest BCUT2D eigenvalue weighted by Gasteiger charge is 2.67. The van der Waals surface area contributed by atoms with Crippen LogP contribution in [0.1, 0.15) is 31.7 Å². The Bertz CT molecular complexity index is 1390. The Labute approximate surface area is 246 Å². The van der Waals surface area contributed by atoms with Gasteiger partial charge in [-0.1, -0.05) is 25.1 Å². The summed E-state index contributed by atoms with van der Waals surface area (Å²) in [6.07, 6.45) is 0.668. The normalized spacial score (nSPS) is 29.6. The molecule has 0 aliphatic carbocycles. The van der Waals surface area contributed by atoms with E-state index in [1.165, 1.54) is 0 Å². The van der Waals surface area contributed by atoms with Crippen LogP contribution in [0.2, 0.25) is 18.6 Å². The number of rotatable bonds is 6. The number of likely N-dealkylation sites (tertiary alicyclic amines) is 1. The van der Waals surface area contributed by atoms with Gasteiger partial charge in [0.1, 0.15) is 0 Å². The number of amides is 3. The number of carbonyl (C=O) groups excluding carboxylic acids is 3. The summed E-state index contributed by atoms with van der Waals surface area (Å²) in [4.78, 5) is 46.0. The molecule has 224 valence electrons. The number of para-hydroxylation sites is 1. The molecular formula is C31H39FN4O5Si. The summed E-state index contributed by atoms with van der Waals surface area (Å²) in [5.41, 5.74) is 0.403. The van der Waals surface area contributed by atoms with Gasteiger partial charge in [-0.05, 0) is 56.3 Å². The first-order valence-electron chi connectivity index (χ1n) is 14.9. The number of nitrogens with one attached hydrogen (secondary N) is 1. The molecule has 3 fully saturated rings. The van der Waals surface area contributed by atoms with Crippen molar-refractivity contribution in [3.63, 3.8) is 0 Å². The van der Waals surface area contributed by atoms with Gasteiger partial charge in [0.2, 0.25) is 20.2 Å². The zero-order valence-electron chi connectivity index (χ0n) is 24.4. The summed E-state index contributed by atoms with van der Waals surface area (Å²) in [5, 5.41) is 12.9. The number of benzene rings is 2. The predicted octanol–water partition coefficient (Wildman–Crippen LogP) is 3.45. The zero-order chi connectivity index (χ0) is 29.8. The van der Waals surface area contributed by atoms with Crippen molar-refractivity contribution in [3.8, 4) is 0 Å². The number of hydrogen-bond donors (Lipinski definition) is 2. The Kier molecular flexibility index (Phi) is 7.49. The van der Waals surface area contributed by atoms with Crippen molar-refractivity contribution in [1.82, 2.24) is 10.2 Å². The molecule has 42 heavy (non-hydrogen) atoms. The van der Waals surface area contributed by atoms with Crippen LogP contribution >= 0.6 is 0 Å². The fourth-order valence-corrected chi connectivity index (χ4v) is 10.2. The summed E-state index contributed by atoms with van der Waals surface area (Å²) in [7, 11) is -3.47. The average Bonchev–Trinajstić information content (AvgIpc) is 3.63. The van der Waals surface area contributed by atoms with Crippen molar-refractivity contribution in [3.05, 3.63) is 54.1 Å². The van der Waals surface area contributed by atoms with E-state index in [4.69, 9.17) is 4.74 Å². The van der Waals surface area contributed by atoms with Gasteiger partial charge in [0, 0.05) is 48.0 Å². The molecule has 2 aromatic carbocycles. The molecule has 0 saturated carbocycles. The Balaban J connectivity index is 1.45. The second-order valence-corrected chi connectivity index (χ2v) is 16.2. The van der Waals surface area contributed by atoms with Gasteiger partial charge >= 0.3 is 0 Å². The van der Waals surface area contributed by atoms with Crippen molar-refractivity contribution >= 4 is 43.2 Å². The minimum absolute atomic E-state index is 0.0580. The molecule has 0 aromatic heterocycles. The third-order valence-electron chi connectivity index (χ3n) is 9.55. The SMILES string of the molecule is C[C@H]1[C@H]([Si](C)(C)F)[C@@H](CC(=O)N2CCC[C@H]2CO)O[C@]12C(=O)N(c1ccccc1)c1ccc(N3CCNCC3=O)cc12. The van der Waals surface area contributed by atoms with Gasteiger partial charge in [-0.2, -0.15) is 0 Å². The van der Waals surface area contributed by atoms with Gasteiger partial charge in [-0.25, -0.2) is 0 Å². The van der Waals surface area contributed by atoms with Crippen molar-refractivity contribution < 1.29 is 28.3 Å². The lowest BCUT2D eigenvalue weighted by atomic mass is 9.82. The van der Waals surface area contributed by atoms with Crippen molar-refractivity contribution in [2.24, 2.45) is 5.92 Å². The highest BCUT2D eigenvalue weighted by molar-refractivity contribution is 6.72. The largest absolute Gasteiger partial charge is 0.394 e. The first-order valence-corrected chi connectivity index (χ1v) is 17.9. The quantitative estimate of drug-likeness (QED) is 0.393. The van der Waals surface area contributed by atoms with E-state index < -0.39 is 31.6 Å². The van der Waals surface area contributed by atoms with Gasteiger partial charge in [-0.3, -0.25) is 19.3 Å². The van der Waals surface area contributed by atoms with Crippen LogP contribution in [0, 0.1) is 5.92 Å². The molecule has 5 atom stereocenters. The number of anilines is 3. The molecular weight excluding hydrogens is 555 g/mol. The molecule has 2 aromatic rings. The Morgan fingerprint density at radius 2 is 1.90 bits per heavy atom. The predicted molar refractivity (Wildman–Crippen MR) is 160 cm³/mol. The van der Waals surface area contributed by atoms with E-state index in [2.05, 4.69) is 5.32 Å². The number of nitrogens with zero attached hydrogens (tertiary/aromatic N) is 3. The molecule has 1 spiro atoms. The van der Waals surface area contributed by atoms with E-state index in [0.29, 0.717) is 42.3 Å². The first-order chi connectivity index (χ1) is 20.1. The van der Waals surface area contributed by atoms with Crippen LogP contribution in [0.15, 0.2) is 48.5 Å². The number of ether oxygens (including phenoxy) is 1. The van der Waals surface area contributed by atoms with Crippen LogP contribution in [-0.2, 0) is 24.7 Å². The Morgan fingerprint density at radius 3 is 2.60 bits per heavy atom. The smallest absolute Gasteiger partial charge is 0.268 e. The maximum absolute atomic E-state index is 16.3. The fraction of sp³-hybridized carbons (Fsp3) is 0.516. The number of piperazine rings is 1. The molecule has 0 bridgehead atoms. The van der Waals surface area contributed by atoms with Crippen molar-refractivity contribution in [1.29, 1.82) is 0 Å². The van der Waals surface area contributed by atoms with Crippen LogP contribution in [0.4, 0.5) is 21.2 Å². The van der Waals surface area contributed by atoms with Gasteiger partial charge < -0.3 is 29.1 Å². The maximum Gasteiger partial charge on any atom is 0.268 e. The summed E-state index contributed by atoms with van der Waals surface area (Å²) in [6, 6.07) is 14.6. The molecule has 3 amide bonds. The van der Waals surface area contributed by atoms with E-state index >= 15 is 4.11 Å². The highest BCUT2D eigenvalue weighted by Crippen LogP contribution is 2.61. The Hall–Kier alpha value is -3.12. The summed E-state index contributed by atoms with van der Waals surface area (Å²) >= 11 is 0. The molecule has 4 aliphatic heterocycles. The van der Waals surface area contributed by atoms with Crippen molar-refractivity contribution in [2.75, 3.05) is 42.6 Å². The lowest BCUT2D eigenvalue weighted by molar-refractivity contribution is -0.149. The second-order valence-electron chi connectivity index (χ2n) is 12.4. The van der Waals surface area contributed by atoms with Crippen LogP contribution in [0.25, 0.3) is 0 Å². The summed E-state index contributed by atoms with van der Waals surface area (Å²) in [6.45, 7) is 6.90. The monoisotopic (exact) mass is 594 g/mol. The number of aliphatic hydroxyl groups is 1. The zero-order valence-corrected chi connectivity index (χ0v) is 25.4. The van der Waals surface area contributed by atoms with Crippen molar-refractivity contribution in [2.45, 2.75) is 62.6 Å². The molecule has 2 N–H and O–H groups in total. The molecule has 4 aliphatic rings. The fourth-order valence-electron chi connectivity index (χ4n) is 7.68. The maximum atomic E-state index is 16.3. The number of aliphatic hydroxyl groups excluding tert-OH is 1. The molecule has 4 heterocycles. The van der Waals surface area contributed by atoms with Gasteiger partial charge in [0.15, 0.2) is 5.60 Å². The molecule has 0 unspecified atom stereocenters. The highest BCUT2D eigenvalue weighted by atomic mass is 28.4. The van der Waals surface area contributed by atoms with E-state index in [9.17, 15) is 19.5 Å². The second kappa shape index (κ2) is 10.9. The number of fused-ring (bicyclic) bond motifs is 2. The van der Waals surface area contributed by atoms with Crippen LogP contribution in [0.5, 0.6) is 0 Å². The summed E-state index contributed by atoms with van der Waals surface area (Å²) in [5.74, 6) is -1.13. The molecule has 0 radical (unpaired) electrons. The van der Waals surface area contributed by atoms with Gasteiger partial charge in [0.05, 0.1) is 37.4 Å². The Morgan fingerprint density at radius 1 is 1.14 bits per heavy atom.